The molecule has 1 fully saturated rings. The highest BCUT2D eigenvalue weighted by atomic mass is 32.2. The second-order valence-electron chi connectivity index (χ2n) is 7.26. The minimum absolute atomic E-state index is 0.0212. The van der Waals surface area contributed by atoms with E-state index in [9.17, 15) is 14.9 Å². The van der Waals surface area contributed by atoms with Crippen LogP contribution in [0.15, 0.2) is 86.4 Å². The zero-order chi connectivity index (χ0) is 23.7. The Morgan fingerprint density at radius 2 is 1.94 bits per heavy atom. The predicted octanol–water partition coefficient (Wildman–Crippen LogP) is 6.43. The highest BCUT2D eigenvalue weighted by Gasteiger charge is 2.35. The van der Waals surface area contributed by atoms with Crippen LogP contribution in [0.1, 0.15) is 11.5 Å². The van der Waals surface area contributed by atoms with Crippen LogP contribution < -0.4 is 4.90 Å². The van der Waals surface area contributed by atoms with Gasteiger partial charge >= 0.3 is 0 Å². The lowest BCUT2D eigenvalue weighted by Gasteiger charge is -2.14. The van der Waals surface area contributed by atoms with Gasteiger partial charge in [-0.15, -0.1) is 11.3 Å². The van der Waals surface area contributed by atoms with Crippen LogP contribution >= 0.6 is 23.1 Å². The monoisotopic (exact) mass is 488 g/mol. The topological polar surface area (TPSA) is 102 Å². The molecule has 34 heavy (non-hydrogen) atoms. The first-order valence-electron chi connectivity index (χ1n) is 10.1. The lowest BCUT2D eigenvalue weighted by atomic mass is 10.1. The van der Waals surface area contributed by atoms with E-state index in [0.29, 0.717) is 38.0 Å². The van der Waals surface area contributed by atoms with Gasteiger partial charge < -0.3 is 4.42 Å². The van der Waals surface area contributed by atoms with Crippen molar-refractivity contribution >= 4 is 56.8 Å². The van der Waals surface area contributed by atoms with Gasteiger partial charge in [0, 0.05) is 29.2 Å². The number of non-ortho nitro benzene ring substituents is 1. The Labute approximate surface area is 202 Å². The number of carbonyl (C=O) groups is 1. The summed E-state index contributed by atoms with van der Waals surface area (Å²) in [6.45, 7) is 1.89. The number of benzene rings is 2. The molecule has 0 atom stereocenters. The molecule has 10 heteroatoms. The molecule has 1 aliphatic rings. The molecule has 1 amide bonds. The van der Waals surface area contributed by atoms with Gasteiger partial charge in [0.05, 0.1) is 21.2 Å². The first-order valence-corrected chi connectivity index (χ1v) is 11.8. The number of para-hydroxylation sites is 1. The molecule has 1 saturated heterocycles. The van der Waals surface area contributed by atoms with Crippen molar-refractivity contribution in [2.24, 2.45) is 4.99 Å². The van der Waals surface area contributed by atoms with Crippen LogP contribution in [0.3, 0.4) is 0 Å². The van der Waals surface area contributed by atoms with Gasteiger partial charge in [-0.1, -0.05) is 30.3 Å². The lowest BCUT2D eigenvalue weighted by Crippen LogP contribution is -2.28. The Morgan fingerprint density at radius 1 is 1.12 bits per heavy atom. The van der Waals surface area contributed by atoms with Crippen molar-refractivity contribution < 1.29 is 14.1 Å². The molecular formula is C24H16N4O4S2. The molecule has 0 saturated carbocycles. The molecule has 0 spiro atoms. The third-order valence-electron chi connectivity index (χ3n) is 4.86. The summed E-state index contributed by atoms with van der Waals surface area (Å²) in [4.78, 5) is 35.0. The zero-order valence-corrected chi connectivity index (χ0v) is 19.4. The summed E-state index contributed by atoms with van der Waals surface area (Å²) in [5.41, 5.74) is 2.13. The van der Waals surface area contributed by atoms with Crippen LogP contribution in [-0.2, 0) is 4.79 Å². The number of thiazole rings is 1. The number of amidine groups is 1. The molecule has 0 radical (unpaired) electrons. The van der Waals surface area contributed by atoms with E-state index in [2.05, 4.69) is 9.98 Å². The van der Waals surface area contributed by atoms with Crippen LogP contribution in [0.25, 0.3) is 17.4 Å². The number of hydrogen-bond acceptors (Lipinski definition) is 8. The van der Waals surface area contributed by atoms with E-state index in [0.717, 1.165) is 5.69 Å². The first kappa shape index (κ1) is 21.8. The fourth-order valence-electron chi connectivity index (χ4n) is 3.32. The highest BCUT2D eigenvalue weighted by molar-refractivity contribution is 8.19. The molecule has 0 bridgehead atoms. The van der Waals surface area contributed by atoms with Crippen molar-refractivity contribution in [2.45, 2.75) is 6.92 Å². The van der Waals surface area contributed by atoms with Gasteiger partial charge in [0.2, 0.25) is 5.13 Å². The molecule has 1 aliphatic heterocycles. The molecule has 168 valence electrons. The summed E-state index contributed by atoms with van der Waals surface area (Å²) in [5.74, 6) is 0.700. The predicted molar refractivity (Wildman–Crippen MR) is 134 cm³/mol. The minimum Gasteiger partial charge on any atom is -0.457 e. The molecule has 5 rings (SSSR count). The largest absolute Gasteiger partial charge is 0.457 e. The van der Waals surface area contributed by atoms with E-state index < -0.39 is 4.92 Å². The number of hydrogen-bond donors (Lipinski definition) is 0. The van der Waals surface area contributed by atoms with Gasteiger partial charge in [-0.05, 0) is 43.0 Å². The van der Waals surface area contributed by atoms with Crippen LogP contribution in [0, 0.1) is 17.0 Å². The minimum atomic E-state index is -0.452. The number of aromatic nitrogens is 1. The third kappa shape index (κ3) is 4.41. The van der Waals surface area contributed by atoms with Gasteiger partial charge in [-0.2, -0.15) is 4.99 Å². The number of aliphatic imine (C=N–C) groups is 1. The van der Waals surface area contributed by atoms with Crippen molar-refractivity contribution in [3.05, 3.63) is 98.6 Å². The number of nitro groups is 1. The maximum absolute atomic E-state index is 13.3. The second kappa shape index (κ2) is 9.08. The molecule has 2 aromatic heterocycles. The van der Waals surface area contributed by atoms with E-state index >= 15 is 0 Å². The maximum atomic E-state index is 13.3. The van der Waals surface area contributed by atoms with Gasteiger partial charge in [-0.25, -0.2) is 4.98 Å². The second-order valence-corrected chi connectivity index (χ2v) is 9.11. The van der Waals surface area contributed by atoms with Crippen molar-refractivity contribution in [2.75, 3.05) is 4.90 Å². The number of aryl methyl sites for hydroxylation is 1. The molecule has 2 aromatic carbocycles. The molecule has 0 aliphatic carbocycles. The SMILES string of the molecule is Cc1csc(/N=C2/S/C(=C/c3ccc(-c4cccc([N+](=O)[O-])c4)o3)C(=O)N2c2ccccc2)n1. The molecule has 3 heterocycles. The average molecular weight is 489 g/mol. The Kier molecular flexibility index (Phi) is 5.83. The number of nitrogens with zero attached hydrogens (tertiary/aromatic N) is 4. The maximum Gasteiger partial charge on any atom is 0.271 e. The van der Waals surface area contributed by atoms with E-state index in [1.165, 1.54) is 35.2 Å². The average Bonchev–Trinajstić information content (AvgIpc) is 3.55. The van der Waals surface area contributed by atoms with E-state index in [1.54, 1.807) is 35.2 Å². The van der Waals surface area contributed by atoms with Crippen molar-refractivity contribution in [1.82, 2.24) is 4.98 Å². The number of rotatable bonds is 5. The summed E-state index contributed by atoms with van der Waals surface area (Å²) in [6.07, 6.45) is 1.65. The Morgan fingerprint density at radius 3 is 2.68 bits per heavy atom. The normalized spacial score (nSPS) is 16.0. The number of nitro benzene ring substituents is 1. The lowest BCUT2D eigenvalue weighted by molar-refractivity contribution is -0.384. The van der Waals surface area contributed by atoms with E-state index in [-0.39, 0.29) is 11.6 Å². The fourth-order valence-corrected chi connectivity index (χ4v) is 5.00. The Bertz CT molecular complexity index is 1460. The Balaban J connectivity index is 1.49. The van der Waals surface area contributed by atoms with Crippen molar-refractivity contribution in [3.8, 4) is 11.3 Å². The van der Waals surface area contributed by atoms with Crippen molar-refractivity contribution in [3.63, 3.8) is 0 Å². The summed E-state index contributed by atoms with van der Waals surface area (Å²) < 4.78 is 5.88. The van der Waals surface area contributed by atoms with Crippen LogP contribution in [0.4, 0.5) is 16.5 Å². The first-order chi connectivity index (χ1) is 16.5. The van der Waals surface area contributed by atoms with Gasteiger partial charge in [0.15, 0.2) is 5.17 Å². The zero-order valence-electron chi connectivity index (χ0n) is 17.7. The quantitative estimate of drug-likeness (QED) is 0.182. The molecule has 4 aromatic rings. The number of furan rings is 1. The summed E-state index contributed by atoms with van der Waals surface area (Å²) >= 11 is 2.65. The van der Waals surface area contributed by atoms with Gasteiger partial charge in [-0.3, -0.25) is 19.8 Å². The Hall–Kier alpha value is -4.02. The van der Waals surface area contributed by atoms with Crippen molar-refractivity contribution in [1.29, 1.82) is 0 Å². The number of carbonyl (C=O) groups excluding carboxylic acids is 1. The number of thioether (sulfide) groups is 1. The standard InChI is InChI=1S/C24H16N4O4S2/c1-15-14-33-23(25-15)26-24-27(17-7-3-2-4-8-17)22(29)21(34-24)13-19-10-11-20(32-19)16-6-5-9-18(12-16)28(30)31/h2-14H,1H3/b21-13+,26-24+. The van der Waals surface area contributed by atoms with E-state index in [4.69, 9.17) is 4.42 Å². The molecular weight excluding hydrogens is 472 g/mol. The summed E-state index contributed by atoms with van der Waals surface area (Å²) in [5, 5.41) is 14.1. The van der Waals surface area contributed by atoms with Crippen LogP contribution in [0.5, 0.6) is 0 Å². The smallest absolute Gasteiger partial charge is 0.271 e. The molecule has 0 N–H and O–H groups in total. The number of amides is 1. The summed E-state index contributed by atoms with van der Waals surface area (Å²) in [7, 11) is 0. The molecule has 0 unspecified atom stereocenters. The third-order valence-corrected chi connectivity index (χ3v) is 6.68. The van der Waals surface area contributed by atoms with Gasteiger partial charge in [0.1, 0.15) is 11.5 Å². The number of anilines is 1. The highest BCUT2D eigenvalue weighted by Crippen LogP contribution is 2.38. The fraction of sp³-hybridized carbons (Fsp3) is 0.0417. The molecule has 8 nitrogen and oxygen atoms in total. The van der Waals surface area contributed by atoms with Crippen LogP contribution in [-0.4, -0.2) is 21.0 Å². The van der Waals surface area contributed by atoms with Crippen LogP contribution in [0.2, 0.25) is 0 Å². The summed E-state index contributed by atoms with van der Waals surface area (Å²) in [6, 6.07) is 18.9. The van der Waals surface area contributed by atoms with E-state index in [1.807, 2.05) is 42.6 Å². The van der Waals surface area contributed by atoms with Gasteiger partial charge in [0.25, 0.3) is 11.6 Å².